The van der Waals surface area contributed by atoms with Gasteiger partial charge < -0.3 is 9.52 Å². The zero-order valence-electron chi connectivity index (χ0n) is 18.2. The molecule has 0 bridgehead atoms. The largest absolute Gasteiger partial charge is 0.501 e. The number of para-hydroxylation sites is 1. The van der Waals surface area contributed by atoms with Crippen LogP contribution in [0.15, 0.2) is 89.5 Å². The van der Waals surface area contributed by atoms with Crippen LogP contribution in [0.25, 0.3) is 56.3 Å². The van der Waals surface area contributed by atoms with Crippen LogP contribution in [0.1, 0.15) is 21.6 Å². The Labute approximate surface area is 214 Å². The van der Waals surface area contributed by atoms with E-state index in [1.54, 1.807) is 12.1 Å². The van der Waals surface area contributed by atoms with Crippen molar-refractivity contribution in [3.63, 3.8) is 0 Å². The van der Waals surface area contributed by atoms with E-state index < -0.39 is 5.97 Å². The van der Waals surface area contributed by atoms with Gasteiger partial charge in [-0.3, -0.25) is 4.98 Å². The Morgan fingerprint density at radius 2 is 1.71 bits per heavy atom. The van der Waals surface area contributed by atoms with E-state index in [0.29, 0.717) is 0 Å². The molecule has 3 aromatic heterocycles. The number of carboxylic acid groups (broad SMARTS) is 1. The van der Waals surface area contributed by atoms with Crippen molar-refractivity contribution in [2.45, 2.75) is 0 Å². The van der Waals surface area contributed by atoms with Gasteiger partial charge in [0.25, 0.3) is 0 Å². The van der Waals surface area contributed by atoms with Gasteiger partial charge in [-0.05, 0) is 41.1 Å². The fraction of sp³-hybridized carbons (Fsp3) is 0. The molecule has 35 heavy (non-hydrogen) atoms. The molecule has 1 N–H and O–H groups in total. The molecular formula is C29H17IrN2O3-. The minimum absolute atomic E-state index is 0. The van der Waals surface area contributed by atoms with Crippen LogP contribution in [0.3, 0.4) is 0 Å². The van der Waals surface area contributed by atoms with Gasteiger partial charge in [0.1, 0.15) is 11.3 Å². The van der Waals surface area contributed by atoms with Gasteiger partial charge in [-0.25, -0.2) is 9.78 Å². The molecule has 1 radical (unpaired) electrons. The van der Waals surface area contributed by atoms with E-state index in [0.717, 1.165) is 38.7 Å². The van der Waals surface area contributed by atoms with E-state index >= 15 is 0 Å². The third-order valence-corrected chi connectivity index (χ3v) is 5.82. The quantitative estimate of drug-likeness (QED) is 0.211. The molecule has 0 saturated heterocycles. The summed E-state index contributed by atoms with van der Waals surface area (Å²) in [6.07, 6.45) is 5.75. The van der Waals surface area contributed by atoms with Crippen LogP contribution in [-0.4, -0.2) is 21.0 Å². The van der Waals surface area contributed by atoms with Crippen molar-refractivity contribution in [1.82, 2.24) is 9.97 Å². The zero-order valence-corrected chi connectivity index (χ0v) is 20.6. The fourth-order valence-electron chi connectivity index (χ4n) is 4.29. The fourth-order valence-corrected chi connectivity index (χ4v) is 4.29. The van der Waals surface area contributed by atoms with Crippen LogP contribution in [0.5, 0.6) is 0 Å². The van der Waals surface area contributed by atoms with E-state index in [9.17, 15) is 4.79 Å². The van der Waals surface area contributed by atoms with Gasteiger partial charge in [0.15, 0.2) is 0 Å². The number of hydrogen-bond acceptors (Lipinski definition) is 4. The molecule has 1 aliphatic carbocycles. The Bertz CT molecular complexity index is 1740. The number of fused-ring (bicyclic) bond motifs is 3. The molecule has 0 fully saturated rings. The SMILES string of the molecule is O=C(O)c1ccccn1.[Ir].[c-]1ccc2c(oc3ccccc32)c1-c1cc2c3c(cccc3n1)C=C2. The summed E-state index contributed by atoms with van der Waals surface area (Å²) in [6.45, 7) is 0. The topological polar surface area (TPSA) is 76.2 Å². The van der Waals surface area contributed by atoms with Crippen LogP contribution in [0.4, 0.5) is 0 Å². The number of pyridine rings is 2. The van der Waals surface area contributed by atoms with Crippen LogP contribution in [0, 0.1) is 6.07 Å². The summed E-state index contributed by atoms with van der Waals surface area (Å²) >= 11 is 0. The number of carboxylic acids is 1. The van der Waals surface area contributed by atoms with Gasteiger partial charge in [0.05, 0.1) is 11.1 Å². The molecule has 0 aliphatic heterocycles. The molecule has 0 unspecified atom stereocenters. The van der Waals surface area contributed by atoms with Crippen LogP contribution < -0.4 is 0 Å². The van der Waals surface area contributed by atoms with Crippen molar-refractivity contribution in [2.24, 2.45) is 0 Å². The number of furan rings is 1. The van der Waals surface area contributed by atoms with Crippen molar-refractivity contribution in [3.05, 3.63) is 108 Å². The Hall–Kier alpha value is -4.12. The van der Waals surface area contributed by atoms with E-state index in [-0.39, 0.29) is 25.8 Å². The minimum atomic E-state index is -0.990. The molecule has 0 spiro atoms. The van der Waals surface area contributed by atoms with Crippen LogP contribution in [-0.2, 0) is 20.1 Å². The molecule has 7 rings (SSSR count). The second kappa shape index (κ2) is 9.26. The summed E-state index contributed by atoms with van der Waals surface area (Å²) in [6, 6.07) is 28.6. The normalized spacial score (nSPS) is 11.3. The summed E-state index contributed by atoms with van der Waals surface area (Å²) < 4.78 is 6.15. The molecular weight excluding hydrogens is 617 g/mol. The maximum atomic E-state index is 10.1. The average molecular weight is 634 g/mol. The van der Waals surface area contributed by atoms with Crippen molar-refractivity contribution in [1.29, 1.82) is 0 Å². The molecule has 3 heterocycles. The van der Waals surface area contributed by atoms with Gasteiger partial charge >= 0.3 is 5.97 Å². The number of nitrogens with zero attached hydrogens (tertiary/aromatic N) is 2. The second-order valence-corrected chi connectivity index (χ2v) is 7.89. The first-order valence-electron chi connectivity index (χ1n) is 10.8. The molecule has 6 heteroatoms. The predicted molar refractivity (Wildman–Crippen MR) is 133 cm³/mol. The van der Waals surface area contributed by atoms with Crippen molar-refractivity contribution in [2.75, 3.05) is 0 Å². The Morgan fingerprint density at radius 1 is 0.886 bits per heavy atom. The van der Waals surface area contributed by atoms with Gasteiger partial charge in [0, 0.05) is 37.1 Å². The van der Waals surface area contributed by atoms with Gasteiger partial charge in [0.2, 0.25) is 0 Å². The van der Waals surface area contributed by atoms with E-state index in [1.165, 1.54) is 28.8 Å². The zero-order chi connectivity index (χ0) is 23.1. The number of hydrogen-bond donors (Lipinski definition) is 1. The van der Waals surface area contributed by atoms with Crippen molar-refractivity contribution < 1.29 is 34.4 Å². The maximum Gasteiger partial charge on any atom is 0.354 e. The summed E-state index contributed by atoms with van der Waals surface area (Å²) in [4.78, 5) is 18.6. The standard InChI is InChI=1S/C23H12NO.C6H5NO2.Ir/c1-2-10-21-16(6-1)17-7-4-8-18(23(17)25-21)20-13-15-12-11-14-5-3-9-19(24-20)22(14)15;8-6(9)5-3-1-2-4-7-5;/h1-7,9-13H;1-4H,(H,8,9);/q-1;;. The molecule has 0 amide bonds. The number of rotatable bonds is 2. The van der Waals surface area contributed by atoms with E-state index in [1.807, 2.05) is 24.3 Å². The minimum Gasteiger partial charge on any atom is -0.501 e. The second-order valence-electron chi connectivity index (χ2n) is 7.89. The Kier molecular flexibility index (Phi) is 5.99. The van der Waals surface area contributed by atoms with Gasteiger partial charge in [-0.2, -0.15) is 0 Å². The van der Waals surface area contributed by atoms with E-state index in [2.05, 4.69) is 59.6 Å². The summed E-state index contributed by atoms with van der Waals surface area (Å²) in [5, 5.41) is 11.8. The number of aromatic nitrogens is 2. The number of benzene rings is 3. The number of aromatic carboxylic acids is 1. The summed E-state index contributed by atoms with van der Waals surface area (Å²) in [5.41, 5.74) is 7.09. The Morgan fingerprint density at radius 3 is 2.51 bits per heavy atom. The smallest absolute Gasteiger partial charge is 0.354 e. The molecule has 171 valence electrons. The molecule has 5 nitrogen and oxygen atoms in total. The van der Waals surface area contributed by atoms with Gasteiger partial charge in [-0.1, -0.05) is 65.6 Å². The first-order chi connectivity index (χ1) is 16.7. The summed E-state index contributed by atoms with van der Waals surface area (Å²) in [5.74, 6) is -0.990. The predicted octanol–water partition coefficient (Wildman–Crippen LogP) is 6.86. The number of carbonyl (C=O) groups is 1. The first kappa shape index (κ1) is 22.7. The van der Waals surface area contributed by atoms with Crippen molar-refractivity contribution >= 4 is 51.0 Å². The molecule has 0 saturated carbocycles. The molecule has 0 atom stereocenters. The molecule has 6 aromatic rings. The monoisotopic (exact) mass is 634 g/mol. The van der Waals surface area contributed by atoms with Crippen LogP contribution >= 0.6 is 0 Å². The first-order valence-corrected chi connectivity index (χ1v) is 10.8. The van der Waals surface area contributed by atoms with Crippen LogP contribution in [0.2, 0.25) is 0 Å². The maximum absolute atomic E-state index is 10.1. The third kappa shape index (κ3) is 4.03. The Balaban J connectivity index is 0.000000217. The third-order valence-electron chi connectivity index (χ3n) is 5.82. The van der Waals surface area contributed by atoms with Crippen molar-refractivity contribution in [3.8, 4) is 11.3 Å². The summed E-state index contributed by atoms with van der Waals surface area (Å²) in [7, 11) is 0. The molecule has 1 aliphatic rings. The molecule has 3 aromatic carbocycles. The average Bonchev–Trinajstić information content (AvgIpc) is 3.47. The van der Waals surface area contributed by atoms with Gasteiger partial charge in [-0.15, -0.1) is 18.2 Å². The van der Waals surface area contributed by atoms with E-state index in [4.69, 9.17) is 14.5 Å².